The van der Waals surface area contributed by atoms with Crippen molar-refractivity contribution in [1.82, 2.24) is 30.3 Å². The first-order valence-corrected chi connectivity index (χ1v) is 21.6. The van der Waals surface area contributed by atoms with Crippen molar-refractivity contribution in [3.8, 4) is 28.2 Å². The summed E-state index contributed by atoms with van der Waals surface area (Å²) in [4.78, 5) is 41.0. The van der Waals surface area contributed by atoms with Gasteiger partial charge in [0.25, 0.3) is 0 Å². The fourth-order valence-electron chi connectivity index (χ4n) is 8.50. The Morgan fingerprint density at radius 2 is 1.40 bits per heavy atom. The van der Waals surface area contributed by atoms with Crippen molar-refractivity contribution in [2.45, 2.75) is 70.2 Å². The molecule has 348 valence electrons. The molecule has 3 aromatic heterocycles. The summed E-state index contributed by atoms with van der Waals surface area (Å²) in [7, 11) is 0. The van der Waals surface area contributed by atoms with Gasteiger partial charge in [-0.25, -0.2) is 24.2 Å². The van der Waals surface area contributed by atoms with Crippen LogP contribution in [-0.4, -0.2) is 80.9 Å². The van der Waals surface area contributed by atoms with Gasteiger partial charge in [-0.3, -0.25) is 4.90 Å². The summed E-state index contributed by atoms with van der Waals surface area (Å²) in [6.07, 6.45) is -5.95. The Kier molecular flexibility index (Phi) is 11.7. The summed E-state index contributed by atoms with van der Waals surface area (Å²) >= 11 is 0. The summed E-state index contributed by atoms with van der Waals surface area (Å²) in [5.41, 5.74) is 3.05. The monoisotopic (exact) mass is 925 g/mol. The van der Waals surface area contributed by atoms with E-state index < -0.39 is 41.2 Å². The van der Waals surface area contributed by atoms with E-state index in [2.05, 4.69) is 41.0 Å². The first kappa shape index (κ1) is 44.8. The zero-order valence-electron chi connectivity index (χ0n) is 36.5. The Morgan fingerprint density at radius 3 is 2.09 bits per heavy atom. The zero-order valence-corrected chi connectivity index (χ0v) is 36.5. The minimum Gasteiger partial charge on any atom is -0.444 e. The number of alkyl carbamates (subject to hydrolysis) is 1. The number of carbonyl (C=O) groups is 2. The van der Waals surface area contributed by atoms with Crippen molar-refractivity contribution in [1.29, 1.82) is 0 Å². The number of halogens is 6. The molecule has 67 heavy (non-hydrogen) atoms. The van der Waals surface area contributed by atoms with Gasteiger partial charge in [-0.15, -0.1) is 5.10 Å². The van der Waals surface area contributed by atoms with Gasteiger partial charge in [0, 0.05) is 49.0 Å². The van der Waals surface area contributed by atoms with E-state index in [-0.39, 0.29) is 12.6 Å². The number of fused-ring (bicyclic) bond motifs is 8. The first-order valence-electron chi connectivity index (χ1n) is 21.6. The highest BCUT2D eigenvalue weighted by Crippen LogP contribution is 2.42. The molecule has 0 saturated carbocycles. The number of anilines is 5. The zero-order chi connectivity index (χ0) is 47.3. The third-order valence-electron chi connectivity index (χ3n) is 11.6. The number of amides is 3. The molecule has 20 heteroatoms. The quantitative estimate of drug-likeness (QED) is 0.138. The SMILES string of the molecule is CC(C)(C)OC(=O)NCc1cn(-c2cccc(NC(=O)N3c4nc(-c5cccc(C(F)(F)F)c5)ccc4N4CC[C@H]3C4)c2)nn1.FC(F)(F)c1cccc(-c2ccc3c(n2)N[C@H]2CCN3C2)c1. The highest BCUT2D eigenvalue weighted by Gasteiger charge is 2.41. The van der Waals surface area contributed by atoms with Gasteiger partial charge in [0.1, 0.15) is 11.3 Å². The second-order valence-electron chi connectivity index (χ2n) is 17.6. The Balaban J connectivity index is 0.000000212. The van der Waals surface area contributed by atoms with Crippen LogP contribution in [0.1, 0.15) is 50.4 Å². The molecule has 4 bridgehead atoms. The summed E-state index contributed by atoms with van der Waals surface area (Å²) in [6.45, 7) is 8.77. The molecule has 3 aromatic carbocycles. The number of ether oxygens (including phenoxy) is 1. The Morgan fingerprint density at radius 1 is 0.761 bits per heavy atom. The van der Waals surface area contributed by atoms with Crippen LogP contribution in [0.4, 0.5) is 64.6 Å². The van der Waals surface area contributed by atoms with Crippen LogP contribution in [0.15, 0.2) is 103 Å². The van der Waals surface area contributed by atoms with Gasteiger partial charge in [-0.1, -0.05) is 35.5 Å². The number of carbonyl (C=O) groups excluding carboxylic acids is 2. The second kappa shape index (κ2) is 17.4. The van der Waals surface area contributed by atoms with E-state index in [0.29, 0.717) is 58.0 Å². The van der Waals surface area contributed by atoms with Crippen molar-refractivity contribution in [3.63, 3.8) is 0 Å². The van der Waals surface area contributed by atoms with Gasteiger partial charge < -0.3 is 30.5 Å². The molecule has 3 amide bonds. The van der Waals surface area contributed by atoms with Crippen LogP contribution in [0.25, 0.3) is 28.2 Å². The lowest BCUT2D eigenvalue weighted by Gasteiger charge is -2.36. The molecule has 6 aromatic rings. The molecule has 4 aliphatic heterocycles. The van der Waals surface area contributed by atoms with Crippen LogP contribution in [0, 0.1) is 0 Å². The largest absolute Gasteiger partial charge is 0.444 e. The average molecular weight is 926 g/mol. The lowest BCUT2D eigenvalue weighted by Crippen LogP contribution is -2.48. The van der Waals surface area contributed by atoms with Gasteiger partial charge in [0.2, 0.25) is 0 Å². The van der Waals surface area contributed by atoms with E-state index in [4.69, 9.17) is 9.72 Å². The third-order valence-corrected chi connectivity index (χ3v) is 11.6. The molecule has 2 atom stereocenters. The maximum atomic E-state index is 13.8. The summed E-state index contributed by atoms with van der Waals surface area (Å²) in [5.74, 6) is 1.16. The van der Waals surface area contributed by atoms with Crippen molar-refractivity contribution in [2.75, 3.05) is 51.5 Å². The van der Waals surface area contributed by atoms with Crippen molar-refractivity contribution < 1.29 is 40.7 Å². The molecule has 3 N–H and O–H groups in total. The fraction of sp³-hybridized carbons (Fsp3) is 0.319. The van der Waals surface area contributed by atoms with Crippen LogP contribution in [0.2, 0.25) is 0 Å². The highest BCUT2D eigenvalue weighted by molar-refractivity contribution is 6.05. The smallest absolute Gasteiger partial charge is 0.416 e. The van der Waals surface area contributed by atoms with Crippen LogP contribution >= 0.6 is 0 Å². The van der Waals surface area contributed by atoms with E-state index in [0.717, 1.165) is 73.9 Å². The number of nitrogens with one attached hydrogen (secondary N) is 3. The Bertz CT molecular complexity index is 2830. The molecule has 2 saturated heterocycles. The summed E-state index contributed by atoms with van der Waals surface area (Å²) in [6, 6.07) is 24.3. The number of hydrogen-bond donors (Lipinski definition) is 3. The minimum absolute atomic E-state index is 0.119. The lowest BCUT2D eigenvalue weighted by atomic mass is 10.1. The number of alkyl halides is 6. The molecular formula is C47H45F6N11O3. The molecule has 14 nitrogen and oxygen atoms in total. The van der Waals surface area contributed by atoms with E-state index >= 15 is 0 Å². The number of rotatable bonds is 6. The lowest BCUT2D eigenvalue weighted by molar-refractivity contribution is -0.138. The maximum absolute atomic E-state index is 13.8. The molecule has 0 aliphatic carbocycles. The van der Waals surface area contributed by atoms with Crippen LogP contribution in [0.3, 0.4) is 0 Å². The third kappa shape index (κ3) is 9.92. The number of benzene rings is 3. The van der Waals surface area contributed by atoms with Crippen molar-refractivity contribution >= 4 is 40.8 Å². The van der Waals surface area contributed by atoms with Crippen molar-refractivity contribution in [2.24, 2.45) is 0 Å². The standard InChI is InChI=1S/C31H31F3N8O3.C16H14F3N3/c1-30(2,3)45-29(44)35-16-22-17-41(39-38-22)23-9-5-8-21(15-23)36-28(43)42-24-12-13-40(18-24)26-11-10-25(37-27(26)42)19-6-4-7-20(14-19)31(32,33)34;17-16(18,19)11-3-1-2-10(8-11)13-4-5-14-15(21-13)20-12-6-7-22(14)9-12/h4-11,14-15,17,24H,12-13,16,18H2,1-3H3,(H,35,44)(H,36,43);1-5,8,12H,6-7,9H2,(H,20,21)/t24-;12-/m00/s1. The second-order valence-corrected chi connectivity index (χ2v) is 17.6. The summed E-state index contributed by atoms with van der Waals surface area (Å²) < 4.78 is 85.4. The van der Waals surface area contributed by atoms with Crippen LogP contribution in [-0.2, 0) is 23.6 Å². The van der Waals surface area contributed by atoms with E-state index in [1.807, 2.05) is 6.07 Å². The average Bonchev–Trinajstić information content (AvgIpc) is 4.04. The van der Waals surface area contributed by atoms with E-state index in [1.165, 1.54) is 16.8 Å². The first-order chi connectivity index (χ1) is 31.8. The molecule has 4 aliphatic rings. The minimum atomic E-state index is -4.49. The Hall–Kier alpha value is -7.38. The molecule has 0 radical (unpaired) electrons. The number of aromatic nitrogens is 5. The van der Waals surface area contributed by atoms with Crippen molar-refractivity contribution in [3.05, 3.63) is 120 Å². The Labute approximate surface area is 380 Å². The van der Waals surface area contributed by atoms with E-state index in [9.17, 15) is 35.9 Å². The molecular weight excluding hydrogens is 881 g/mol. The fourth-order valence-corrected chi connectivity index (χ4v) is 8.50. The number of nitrogens with zero attached hydrogens (tertiary/aromatic N) is 8. The maximum Gasteiger partial charge on any atom is 0.416 e. The van der Waals surface area contributed by atoms with Crippen LogP contribution < -0.4 is 30.7 Å². The van der Waals surface area contributed by atoms with Gasteiger partial charge in [0.15, 0.2) is 11.6 Å². The molecule has 10 rings (SSSR count). The topological polar surface area (TPSA) is 146 Å². The predicted octanol–water partition coefficient (Wildman–Crippen LogP) is 9.78. The highest BCUT2D eigenvalue weighted by atomic mass is 19.4. The number of urea groups is 1. The van der Waals surface area contributed by atoms with Gasteiger partial charge >= 0.3 is 24.5 Å². The molecule has 7 heterocycles. The van der Waals surface area contributed by atoms with E-state index in [1.54, 1.807) is 86.5 Å². The number of hydrogen-bond acceptors (Lipinski definition) is 10. The molecule has 2 fully saturated rings. The normalized spacial score (nSPS) is 17.2. The molecule has 0 spiro atoms. The van der Waals surface area contributed by atoms with Gasteiger partial charge in [-0.05, 0) is 100 Å². The number of pyridine rings is 2. The molecule has 0 unspecified atom stereocenters. The van der Waals surface area contributed by atoms with Gasteiger partial charge in [0.05, 0.1) is 58.4 Å². The van der Waals surface area contributed by atoms with Crippen LogP contribution in [0.5, 0.6) is 0 Å². The summed E-state index contributed by atoms with van der Waals surface area (Å²) in [5, 5.41) is 17.2. The van der Waals surface area contributed by atoms with Gasteiger partial charge in [-0.2, -0.15) is 26.3 Å². The predicted molar refractivity (Wildman–Crippen MR) is 240 cm³/mol.